The average molecular weight is 252 g/mol. The lowest BCUT2D eigenvalue weighted by Gasteiger charge is -2.07. The predicted octanol–water partition coefficient (Wildman–Crippen LogP) is 0.530. The molecule has 0 aliphatic carbocycles. The van der Waals surface area contributed by atoms with E-state index in [0.29, 0.717) is 0 Å². The molecule has 1 aromatic carbocycles. The standard InChI is InChI=1S/C7H9O6PS/c8-14(9,10)6-15(11,12)13-7-4-2-1-3-5-7/h1-5H,6H2,(H2,8,9,10). The molecule has 0 radical (unpaired) electrons. The van der Waals surface area contributed by atoms with Gasteiger partial charge in [0.1, 0.15) is 5.75 Å². The van der Waals surface area contributed by atoms with Gasteiger partial charge in [0.15, 0.2) is 5.49 Å². The largest absolute Gasteiger partial charge is 0.382 e. The van der Waals surface area contributed by atoms with E-state index in [1.54, 1.807) is 18.2 Å². The van der Waals surface area contributed by atoms with Crippen LogP contribution in [0.3, 0.4) is 0 Å². The van der Waals surface area contributed by atoms with Crippen LogP contribution >= 0.6 is 7.60 Å². The molecule has 0 fully saturated rings. The average Bonchev–Trinajstić information content (AvgIpc) is 1.99. The van der Waals surface area contributed by atoms with Crippen LogP contribution in [0.5, 0.6) is 5.75 Å². The number of hydrogen-bond donors (Lipinski definition) is 2. The van der Waals surface area contributed by atoms with Crippen molar-refractivity contribution in [3.8, 4) is 5.75 Å². The second-order valence-corrected chi connectivity index (χ2v) is 6.39. The molecular weight excluding hydrogens is 243 g/mol. The third-order valence-corrected chi connectivity index (χ3v) is 4.35. The number of benzene rings is 1. The summed E-state index contributed by atoms with van der Waals surface area (Å²) in [6.07, 6.45) is 0. The molecule has 8 heteroatoms. The second kappa shape index (κ2) is 4.32. The van der Waals surface area contributed by atoms with Crippen LogP contribution in [-0.4, -0.2) is 23.7 Å². The van der Waals surface area contributed by atoms with Crippen molar-refractivity contribution in [3.05, 3.63) is 30.3 Å². The Labute approximate surface area is 86.8 Å². The molecule has 0 saturated heterocycles. The van der Waals surface area contributed by atoms with E-state index in [1.807, 2.05) is 0 Å². The van der Waals surface area contributed by atoms with E-state index >= 15 is 0 Å². The summed E-state index contributed by atoms with van der Waals surface area (Å²) < 4.78 is 37.1. The molecule has 0 atom stereocenters. The normalized spacial score (nSPS) is 12.4. The fourth-order valence-electron chi connectivity index (χ4n) is 0.855. The fraction of sp³-hybridized carbons (Fsp3) is 0.143. The van der Waals surface area contributed by atoms with E-state index in [1.165, 1.54) is 12.1 Å². The summed E-state index contributed by atoms with van der Waals surface area (Å²) in [4.78, 5) is 17.0. The van der Waals surface area contributed by atoms with Gasteiger partial charge in [-0.2, -0.15) is 8.42 Å². The Bertz CT molecular complexity index is 462. The zero-order valence-corrected chi connectivity index (χ0v) is 9.19. The molecule has 0 aromatic heterocycles. The first kappa shape index (κ1) is 12.2. The minimum absolute atomic E-state index is 0.0194. The summed E-state index contributed by atoms with van der Waals surface area (Å²) >= 11 is 0. The van der Waals surface area contributed by atoms with E-state index in [-0.39, 0.29) is 5.75 Å². The van der Waals surface area contributed by atoms with Gasteiger partial charge in [-0.15, -0.1) is 0 Å². The Morgan fingerprint density at radius 2 is 1.73 bits per heavy atom. The van der Waals surface area contributed by atoms with Gasteiger partial charge in [0.25, 0.3) is 0 Å². The van der Waals surface area contributed by atoms with E-state index in [9.17, 15) is 13.0 Å². The van der Waals surface area contributed by atoms with Crippen molar-refractivity contribution in [2.24, 2.45) is 0 Å². The van der Waals surface area contributed by atoms with Gasteiger partial charge in [-0.05, 0) is 12.1 Å². The molecule has 15 heavy (non-hydrogen) atoms. The van der Waals surface area contributed by atoms with Gasteiger partial charge in [0.05, 0.1) is 0 Å². The highest BCUT2D eigenvalue weighted by molar-refractivity contribution is 7.93. The first-order valence-electron chi connectivity index (χ1n) is 3.80. The second-order valence-electron chi connectivity index (χ2n) is 2.75. The van der Waals surface area contributed by atoms with Crippen molar-refractivity contribution in [3.63, 3.8) is 0 Å². The van der Waals surface area contributed by atoms with Gasteiger partial charge in [-0.1, -0.05) is 18.2 Å². The van der Waals surface area contributed by atoms with Gasteiger partial charge in [-0.3, -0.25) is 4.57 Å². The monoisotopic (exact) mass is 252 g/mol. The molecule has 0 aliphatic rings. The van der Waals surface area contributed by atoms with E-state index < -0.39 is 23.2 Å². The van der Waals surface area contributed by atoms with Crippen molar-refractivity contribution in [2.45, 2.75) is 0 Å². The van der Waals surface area contributed by atoms with Crippen LogP contribution in [0.15, 0.2) is 30.3 Å². The van der Waals surface area contributed by atoms with Crippen molar-refractivity contribution in [1.82, 2.24) is 0 Å². The van der Waals surface area contributed by atoms with Crippen LogP contribution in [-0.2, 0) is 14.7 Å². The van der Waals surface area contributed by atoms with Crippen molar-refractivity contribution >= 4 is 17.7 Å². The molecule has 84 valence electrons. The number of para-hydroxylation sites is 1. The van der Waals surface area contributed by atoms with Gasteiger partial charge < -0.3 is 14.0 Å². The maximum atomic E-state index is 11.1. The molecule has 0 heterocycles. The Kier molecular flexibility index (Phi) is 3.51. The highest BCUT2D eigenvalue weighted by Crippen LogP contribution is 2.36. The molecule has 0 amide bonds. The molecule has 0 saturated carbocycles. The Balaban J connectivity index is 2.79. The molecule has 1 rings (SSSR count). The van der Waals surface area contributed by atoms with E-state index in [2.05, 4.69) is 4.18 Å². The SMILES string of the molecule is O=P(O)(O)CS(=O)(=O)Oc1ccccc1. The molecule has 1 aromatic rings. The van der Waals surface area contributed by atoms with Crippen LogP contribution in [0.4, 0.5) is 0 Å². The van der Waals surface area contributed by atoms with E-state index in [4.69, 9.17) is 9.79 Å². The summed E-state index contributed by atoms with van der Waals surface area (Å²) in [5.74, 6) is 0.0194. The molecule has 0 aliphatic heterocycles. The molecule has 0 unspecified atom stereocenters. The van der Waals surface area contributed by atoms with Gasteiger partial charge in [-0.25, -0.2) is 0 Å². The van der Waals surface area contributed by atoms with Crippen LogP contribution in [0, 0.1) is 0 Å². The number of hydrogen-bond acceptors (Lipinski definition) is 4. The fourth-order valence-corrected chi connectivity index (χ4v) is 3.12. The van der Waals surface area contributed by atoms with Crippen molar-refractivity contribution in [1.29, 1.82) is 0 Å². The summed E-state index contributed by atoms with van der Waals surface area (Å²) in [6.45, 7) is 0. The highest BCUT2D eigenvalue weighted by atomic mass is 32.2. The molecule has 0 spiro atoms. The highest BCUT2D eigenvalue weighted by Gasteiger charge is 2.26. The summed E-state index contributed by atoms with van der Waals surface area (Å²) in [6, 6.07) is 7.49. The lowest BCUT2D eigenvalue weighted by molar-refractivity contribution is 0.376. The van der Waals surface area contributed by atoms with Gasteiger partial charge in [0, 0.05) is 0 Å². The summed E-state index contributed by atoms with van der Waals surface area (Å²) in [5.41, 5.74) is -1.32. The third-order valence-electron chi connectivity index (χ3n) is 1.29. The van der Waals surface area contributed by atoms with E-state index in [0.717, 1.165) is 0 Å². The first-order chi connectivity index (χ1) is 6.79. The smallest absolute Gasteiger partial charge is 0.344 e. The molecular formula is C7H9O6PS. The maximum Gasteiger partial charge on any atom is 0.344 e. The maximum absolute atomic E-state index is 11.1. The van der Waals surface area contributed by atoms with Crippen LogP contribution < -0.4 is 4.18 Å². The predicted molar refractivity (Wildman–Crippen MR) is 52.9 cm³/mol. The van der Waals surface area contributed by atoms with Crippen LogP contribution in [0.1, 0.15) is 0 Å². The first-order valence-corrected chi connectivity index (χ1v) is 7.18. The zero-order chi connectivity index (χ0) is 11.5. The summed E-state index contributed by atoms with van der Waals surface area (Å²) in [5, 5.41) is 0. The molecule has 6 nitrogen and oxygen atoms in total. The summed E-state index contributed by atoms with van der Waals surface area (Å²) in [7, 11) is -8.89. The Morgan fingerprint density at radius 1 is 1.20 bits per heavy atom. The van der Waals surface area contributed by atoms with Gasteiger partial charge >= 0.3 is 17.7 Å². The van der Waals surface area contributed by atoms with Gasteiger partial charge in [0.2, 0.25) is 0 Å². The Morgan fingerprint density at radius 3 is 2.20 bits per heavy atom. The third kappa shape index (κ3) is 4.94. The lowest BCUT2D eigenvalue weighted by atomic mass is 10.3. The van der Waals surface area contributed by atoms with Crippen molar-refractivity contribution in [2.75, 3.05) is 5.49 Å². The minimum atomic E-state index is -4.64. The van der Waals surface area contributed by atoms with Crippen molar-refractivity contribution < 1.29 is 27.0 Å². The van der Waals surface area contributed by atoms with Crippen LogP contribution in [0.25, 0.3) is 0 Å². The lowest BCUT2D eigenvalue weighted by Crippen LogP contribution is -2.13. The molecule has 0 bridgehead atoms. The quantitative estimate of drug-likeness (QED) is 0.598. The molecule has 2 N–H and O–H groups in total. The number of rotatable bonds is 4. The van der Waals surface area contributed by atoms with Crippen LogP contribution in [0.2, 0.25) is 0 Å². The zero-order valence-electron chi connectivity index (χ0n) is 7.48. The Hall–Kier alpha value is -0.880. The topological polar surface area (TPSA) is 101 Å². The minimum Gasteiger partial charge on any atom is -0.382 e.